The van der Waals surface area contributed by atoms with Crippen LogP contribution in [0.3, 0.4) is 0 Å². The number of hydrogen-bond donors (Lipinski definition) is 5. The molecule has 0 aromatic rings. The Morgan fingerprint density at radius 1 is 1.27 bits per heavy atom. The van der Waals surface area contributed by atoms with E-state index in [1.165, 1.54) is 0 Å². The Bertz CT molecular complexity index is 241. The monoisotopic (exact) mass is 241 g/mol. The summed E-state index contributed by atoms with van der Waals surface area (Å²) in [5.41, 5.74) is 2.89. The van der Waals surface area contributed by atoms with Crippen molar-refractivity contribution in [3.63, 3.8) is 0 Å². The highest BCUT2D eigenvalue weighted by Gasteiger charge is 2.68. The van der Waals surface area contributed by atoms with Crippen LogP contribution in [0.4, 0.5) is 0 Å². The zero-order chi connectivity index (χ0) is 10.5. The van der Waals surface area contributed by atoms with Gasteiger partial charge in [-0.3, -0.25) is 0 Å². The van der Waals surface area contributed by atoms with Crippen LogP contribution in [0.2, 0.25) is 0 Å². The number of quaternary nitrogens is 1. The van der Waals surface area contributed by atoms with Crippen LogP contribution < -0.4 is 18.1 Å². The average Bonchev–Trinajstić information content (AvgIpc) is 2.81. The third-order valence-electron chi connectivity index (χ3n) is 3.20. The van der Waals surface area contributed by atoms with Gasteiger partial charge in [-0.15, -0.1) is 0 Å². The molecule has 7 heteroatoms. The third kappa shape index (κ3) is 1.76. The summed E-state index contributed by atoms with van der Waals surface area (Å²) in [5, 5.41) is 37.5. The van der Waals surface area contributed by atoms with Gasteiger partial charge in [0.05, 0.1) is 6.61 Å². The lowest BCUT2D eigenvalue weighted by Crippen LogP contribution is -3.00. The average molecular weight is 242 g/mol. The molecule has 0 aromatic carbocycles. The molecule has 15 heavy (non-hydrogen) atoms. The lowest BCUT2D eigenvalue weighted by molar-refractivity contribution is -0.411. The first-order valence-electron chi connectivity index (χ1n) is 4.69. The lowest BCUT2D eigenvalue weighted by Gasteiger charge is -2.40. The zero-order valence-electron chi connectivity index (χ0n) is 8.08. The van der Waals surface area contributed by atoms with Crippen molar-refractivity contribution >= 4 is 0 Å². The first-order chi connectivity index (χ1) is 6.53. The van der Waals surface area contributed by atoms with Gasteiger partial charge >= 0.3 is 0 Å². The van der Waals surface area contributed by atoms with Crippen molar-refractivity contribution in [2.24, 2.45) is 0 Å². The summed E-state index contributed by atoms with van der Waals surface area (Å²) in [6.45, 7) is -0.376. The molecular weight excluding hydrogens is 226 g/mol. The van der Waals surface area contributed by atoms with Gasteiger partial charge in [-0.05, 0) is 0 Å². The van der Waals surface area contributed by atoms with Gasteiger partial charge in [-0.1, -0.05) is 0 Å². The summed E-state index contributed by atoms with van der Waals surface area (Å²) in [6, 6.07) is -0.0892. The number of halogens is 1. The maximum Gasteiger partial charge on any atom is 0.154 e. The fourth-order valence-corrected chi connectivity index (χ4v) is 2.10. The van der Waals surface area contributed by atoms with Crippen LogP contribution in [-0.2, 0) is 4.74 Å². The summed E-state index contributed by atoms with van der Waals surface area (Å²) in [7, 11) is 0. The second-order valence-corrected chi connectivity index (χ2v) is 4.12. The molecule has 0 bridgehead atoms. The van der Waals surface area contributed by atoms with Crippen LogP contribution in [0, 0.1) is 0 Å². The van der Waals surface area contributed by atoms with E-state index in [0.29, 0.717) is 6.42 Å². The van der Waals surface area contributed by atoms with E-state index >= 15 is 0 Å². The van der Waals surface area contributed by atoms with Gasteiger partial charge < -0.3 is 43.3 Å². The standard InChI is InChI=1S/C8H15NO5.ClH/c9-4-1-8(4)7(13)6(12)5(11)3(2-10)14-8;/h3-7,10-13H,1-2,9H2;1H/t3-,4+,5-,6+,7-,8-;/m1./s1. The normalized spacial score (nSPS) is 53.8. The van der Waals surface area contributed by atoms with Gasteiger partial charge in [0, 0.05) is 6.42 Å². The van der Waals surface area contributed by atoms with Gasteiger partial charge in [0.2, 0.25) is 0 Å². The molecule has 1 saturated carbocycles. The zero-order valence-corrected chi connectivity index (χ0v) is 8.84. The first-order valence-corrected chi connectivity index (χ1v) is 4.69. The van der Waals surface area contributed by atoms with E-state index in [1.807, 2.05) is 0 Å². The highest BCUT2D eigenvalue weighted by Crippen LogP contribution is 2.46. The van der Waals surface area contributed by atoms with Gasteiger partial charge in [-0.25, -0.2) is 0 Å². The van der Waals surface area contributed by atoms with Crippen LogP contribution >= 0.6 is 0 Å². The van der Waals surface area contributed by atoms with E-state index in [-0.39, 0.29) is 25.1 Å². The number of ether oxygens (including phenoxy) is 1. The number of aliphatic hydroxyl groups is 4. The predicted octanol–water partition coefficient (Wildman–Crippen LogP) is -6.78. The highest BCUT2D eigenvalue weighted by molar-refractivity contribution is 5.16. The van der Waals surface area contributed by atoms with Crippen molar-refractivity contribution in [3.05, 3.63) is 0 Å². The van der Waals surface area contributed by atoms with Crippen molar-refractivity contribution in [1.82, 2.24) is 0 Å². The molecule has 1 aliphatic heterocycles. The molecule has 90 valence electrons. The van der Waals surface area contributed by atoms with E-state index in [4.69, 9.17) is 9.84 Å². The summed E-state index contributed by atoms with van der Waals surface area (Å²) >= 11 is 0. The number of rotatable bonds is 1. The summed E-state index contributed by atoms with van der Waals surface area (Å²) in [5.74, 6) is 0. The number of aliphatic hydroxyl groups excluding tert-OH is 4. The van der Waals surface area contributed by atoms with Crippen molar-refractivity contribution in [2.45, 2.75) is 42.5 Å². The minimum atomic E-state index is -1.27. The van der Waals surface area contributed by atoms with E-state index in [2.05, 4.69) is 5.73 Å². The van der Waals surface area contributed by atoms with Crippen LogP contribution in [0.1, 0.15) is 6.42 Å². The Labute approximate surface area is 93.1 Å². The van der Waals surface area contributed by atoms with E-state index in [9.17, 15) is 15.3 Å². The number of hydrogen-bond acceptors (Lipinski definition) is 5. The predicted molar refractivity (Wildman–Crippen MR) is 44.0 cm³/mol. The van der Waals surface area contributed by atoms with Crippen LogP contribution in [0.5, 0.6) is 0 Å². The lowest BCUT2D eigenvalue weighted by atomic mass is 9.93. The molecule has 1 heterocycles. The Kier molecular flexibility index (Phi) is 3.62. The SMILES string of the molecule is [Cl-].[NH3+][C@H]1C[C@@]12O[C@H](CO)[C@@H](O)[C@H](O)[C@H]2O. The largest absolute Gasteiger partial charge is 1.00 e. The molecule has 0 amide bonds. The molecule has 1 aliphatic carbocycles. The van der Waals surface area contributed by atoms with Crippen LogP contribution in [-0.4, -0.2) is 63.1 Å². The second kappa shape index (κ2) is 4.14. The summed E-state index contributed by atoms with van der Waals surface area (Å²) in [4.78, 5) is 0. The molecular formula is C8H16ClNO5. The molecule has 2 rings (SSSR count). The van der Waals surface area contributed by atoms with Gasteiger partial charge in [0.1, 0.15) is 30.5 Å². The van der Waals surface area contributed by atoms with Gasteiger partial charge in [-0.2, -0.15) is 0 Å². The van der Waals surface area contributed by atoms with Crippen molar-refractivity contribution in [3.8, 4) is 0 Å². The molecule has 6 nitrogen and oxygen atoms in total. The maximum atomic E-state index is 9.67. The Hall–Kier alpha value is 0.0500. The second-order valence-electron chi connectivity index (χ2n) is 4.12. The first kappa shape index (κ1) is 13.1. The van der Waals surface area contributed by atoms with Crippen molar-refractivity contribution < 1.29 is 43.3 Å². The smallest absolute Gasteiger partial charge is 0.154 e. The van der Waals surface area contributed by atoms with Crippen LogP contribution in [0.15, 0.2) is 0 Å². The molecule has 2 fully saturated rings. The van der Waals surface area contributed by atoms with Crippen molar-refractivity contribution in [1.29, 1.82) is 0 Å². The molecule has 1 spiro atoms. The highest BCUT2D eigenvalue weighted by atomic mass is 35.5. The quantitative estimate of drug-likeness (QED) is 0.313. The molecule has 7 N–H and O–H groups in total. The minimum absolute atomic E-state index is 0. The Balaban J connectivity index is 0.00000112. The van der Waals surface area contributed by atoms with E-state index < -0.39 is 30.0 Å². The third-order valence-corrected chi connectivity index (χ3v) is 3.20. The Morgan fingerprint density at radius 3 is 2.20 bits per heavy atom. The van der Waals surface area contributed by atoms with Crippen molar-refractivity contribution in [2.75, 3.05) is 6.61 Å². The maximum absolute atomic E-state index is 9.67. The van der Waals surface area contributed by atoms with Gasteiger partial charge in [0.15, 0.2) is 5.60 Å². The Morgan fingerprint density at radius 2 is 1.80 bits per heavy atom. The van der Waals surface area contributed by atoms with E-state index in [1.54, 1.807) is 0 Å². The van der Waals surface area contributed by atoms with Gasteiger partial charge in [0.25, 0.3) is 0 Å². The fraction of sp³-hybridized carbons (Fsp3) is 1.00. The summed E-state index contributed by atoms with van der Waals surface area (Å²) in [6.07, 6.45) is -3.92. The molecule has 2 aliphatic rings. The summed E-state index contributed by atoms with van der Waals surface area (Å²) < 4.78 is 5.37. The molecule has 0 unspecified atom stereocenters. The molecule has 1 saturated heterocycles. The molecule has 0 aromatic heterocycles. The molecule has 6 atom stereocenters. The topological polar surface area (TPSA) is 118 Å². The van der Waals surface area contributed by atoms with Crippen LogP contribution in [0.25, 0.3) is 0 Å². The fourth-order valence-electron chi connectivity index (χ4n) is 2.10. The minimum Gasteiger partial charge on any atom is -1.00 e. The molecule has 0 radical (unpaired) electrons. The van der Waals surface area contributed by atoms with E-state index in [0.717, 1.165) is 0 Å².